The molecule has 0 saturated carbocycles. The lowest BCUT2D eigenvalue weighted by molar-refractivity contribution is 0.0735. The van der Waals surface area contributed by atoms with Crippen molar-refractivity contribution in [2.75, 3.05) is 18.5 Å². The zero-order chi connectivity index (χ0) is 20.9. The van der Waals surface area contributed by atoms with Crippen molar-refractivity contribution in [1.29, 1.82) is 0 Å². The maximum Gasteiger partial charge on any atom is 0.265 e. The van der Waals surface area contributed by atoms with Gasteiger partial charge in [0.1, 0.15) is 5.75 Å². The van der Waals surface area contributed by atoms with Crippen molar-refractivity contribution in [1.82, 2.24) is 4.90 Å². The molecule has 0 bridgehead atoms. The van der Waals surface area contributed by atoms with Gasteiger partial charge >= 0.3 is 0 Å². The summed E-state index contributed by atoms with van der Waals surface area (Å²) in [4.78, 5) is 27.9. The van der Waals surface area contributed by atoms with Crippen LogP contribution in [0.5, 0.6) is 5.75 Å². The van der Waals surface area contributed by atoms with Gasteiger partial charge < -0.3 is 15.0 Å². The van der Waals surface area contributed by atoms with E-state index in [1.807, 2.05) is 47.5 Å². The molecule has 1 aliphatic rings. The molecular weight excluding hydrogens is 396 g/mol. The SMILES string of the molecule is CCOc1ccc([C@H]2CCCN2C(=O)c2ccc(NC(=O)c3cccs3)cc2)cc1. The van der Waals surface area contributed by atoms with Crippen LogP contribution in [0.4, 0.5) is 5.69 Å². The van der Waals surface area contributed by atoms with E-state index in [-0.39, 0.29) is 17.9 Å². The highest BCUT2D eigenvalue weighted by Gasteiger charge is 2.30. The molecule has 2 amide bonds. The molecule has 1 saturated heterocycles. The molecule has 1 aliphatic heterocycles. The Labute approximate surface area is 180 Å². The maximum atomic E-state index is 13.1. The number of carbonyl (C=O) groups excluding carboxylic acids is 2. The van der Waals surface area contributed by atoms with Crippen molar-refractivity contribution in [2.24, 2.45) is 0 Å². The number of likely N-dealkylation sites (tertiary alicyclic amines) is 1. The third kappa shape index (κ3) is 4.39. The second-order valence-corrected chi connectivity index (χ2v) is 8.12. The minimum absolute atomic E-state index is 0.0162. The Bertz CT molecular complexity index is 998. The van der Waals surface area contributed by atoms with Crippen molar-refractivity contribution in [3.05, 3.63) is 82.0 Å². The average molecular weight is 421 g/mol. The van der Waals surface area contributed by atoms with Crippen LogP contribution in [0.25, 0.3) is 0 Å². The van der Waals surface area contributed by atoms with Crippen LogP contribution in [-0.2, 0) is 0 Å². The molecular formula is C24H24N2O3S. The largest absolute Gasteiger partial charge is 0.494 e. The standard InChI is InChI=1S/C24H24N2O3S/c1-2-29-20-13-9-17(10-14-20)21-5-3-15-26(21)24(28)18-7-11-19(12-8-18)25-23(27)22-6-4-16-30-22/h4,6-14,16,21H,2-3,5,15H2,1H3,(H,25,27)/t21-/m1/s1. The van der Waals surface area contributed by atoms with E-state index in [1.54, 1.807) is 30.3 Å². The van der Waals surface area contributed by atoms with Gasteiger partial charge in [-0.3, -0.25) is 9.59 Å². The molecule has 6 heteroatoms. The van der Waals surface area contributed by atoms with Crippen LogP contribution in [0.2, 0.25) is 0 Å². The zero-order valence-electron chi connectivity index (χ0n) is 16.8. The predicted octanol–water partition coefficient (Wildman–Crippen LogP) is 5.38. The van der Waals surface area contributed by atoms with Gasteiger partial charge in [0.2, 0.25) is 0 Å². The number of carbonyl (C=O) groups is 2. The van der Waals surface area contributed by atoms with Crippen LogP contribution >= 0.6 is 11.3 Å². The lowest BCUT2D eigenvalue weighted by Gasteiger charge is -2.25. The molecule has 3 aromatic rings. The van der Waals surface area contributed by atoms with Crippen molar-refractivity contribution < 1.29 is 14.3 Å². The Kier molecular flexibility index (Phi) is 6.14. The summed E-state index contributed by atoms with van der Waals surface area (Å²) in [7, 11) is 0. The first-order valence-corrected chi connectivity index (χ1v) is 11.0. The van der Waals surface area contributed by atoms with Crippen LogP contribution in [-0.4, -0.2) is 29.9 Å². The number of amides is 2. The van der Waals surface area contributed by atoms with Crippen molar-refractivity contribution >= 4 is 28.8 Å². The van der Waals surface area contributed by atoms with Gasteiger partial charge in [-0.2, -0.15) is 0 Å². The number of nitrogens with one attached hydrogen (secondary N) is 1. The van der Waals surface area contributed by atoms with Gasteiger partial charge in [-0.1, -0.05) is 18.2 Å². The predicted molar refractivity (Wildman–Crippen MR) is 119 cm³/mol. The summed E-state index contributed by atoms with van der Waals surface area (Å²) < 4.78 is 5.52. The van der Waals surface area contributed by atoms with Gasteiger partial charge in [0.25, 0.3) is 11.8 Å². The molecule has 30 heavy (non-hydrogen) atoms. The normalized spacial score (nSPS) is 15.8. The summed E-state index contributed by atoms with van der Waals surface area (Å²) in [5.74, 6) is 0.721. The number of benzene rings is 2. The van der Waals surface area contributed by atoms with E-state index in [1.165, 1.54) is 11.3 Å². The van der Waals surface area contributed by atoms with Crippen LogP contribution < -0.4 is 10.1 Å². The third-order valence-corrected chi connectivity index (χ3v) is 6.09. The van der Waals surface area contributed by atoms with Gasteiger partial charge in [-0.15, -0.1) is 11.3 Å². The summed E-state index contributed by atoms with van der Waals surface area (Å²) in [6, 6.07) is 18.8. The fourth-order valence-corrected chi connectivity index (χ4v) is 4.39. The van der Waals surface area contributed by atoms with Crippen LogP contribution in [0.15, 0.2) is 66.0 Å². The van der Waals surface area contributed by atoms with E-state index in [4.69, 9.17) is 4.74 Å². The Hall–Kier alpha value is -3.12. The van der Waals surface area contributed by atoms with E-state index in [0.29, 0.717) is 22.7 Å². The molecule has 1 N–H and O–H groups in total. The first kappa shape index (κ1) is 20.2. The molecule has 2 aromatic carbocycles. The van der Waals surface area contributed by atoms with Crippen LogP contribution in [0.1, 0.15) is 51.4 Å². The highest BCUT2D eigenvalue weighted by molar-refractivity contribution is 7.12. The quantitative estimate of drug-likeness (QED) is 0.583. The number of rotatable bonds is 6. The highest BCUT2D eigenvalue weighted by Crippen LogP contribution is 2.34. The monoisotopic (exact) mass is 420 g/mol. The second kappa shape index (κ2) is 9.13. The summed E-state index contributed by atoms with van der Waals surface area (Å²) in [5.41, 5.74) is 2.43. The Morgan fingerprint density at radius 1 is 1.10 bits per heavy atom. The summed E-state index contributed by atoms with van der Waals surface area (Å²) >= 11 is 1.40. The van der Waals surface area contributed by atoms with Crippen LogP contribution in [0.3, 0.4) is 0 Å². The highest BCUT2D eigenvalue weighted by atomic mass is 32.1. The lowest BCUT2D eigenvalue weighted by Crippen LogP contribution is -2.30. The van der Waals surface area contributed by atoms with E-state index < -0.39 is 0 Å². The first-order chi connectivity index (χ1) is 14.7. The molecule has 0 unspecified atom stereocenters. The summed E-state index contributed by atoms with van der Waals surface area (Å²) in [6.45, 7) is 3.34. The molecule has 5 nitrogen and oxygen atoms in total. The molecule has 1 fully saturated rings. The number of thiophene rings is 1. The fraction of sp³-hybridized carbons (Fsp3) is 0.250. The van der Waals surface area contributed by atoms with Gasteiger partial charge in [0.05, 0.1) is 17.5 Å². The smallest absolute Gasteiger partial charge is 0.265 e. The molecule has 1 aromatic heterocycles. The molecule has 1 atom stereocenters. The van der Waals surface area contributed by atoms with Crippen molar-refractivity contribution in [2.45, 2.75) is 25.8 Å². The molecule has 2 heterocycles. The molecule has 0 radical (unpaired) electrons. The van der Waals surface area contributed by atoms with E-state index in [2.05, 4.69) is 5.32 Å². The Morgan fingerprint density at radius 2 is 1.87 bits per heavy atom. The topological polar surface area (TPSA) is 58.6 Å². The van der Waals surface area contributed by atoms with E-state index in [9.17, 15) is 9.59 Å². The lowest BCUT2D eigenvalue weighted by atomic mass is 10.0. The van der Waals surface area contributed by atoms with Crippen molar-refractivity contribution in [3.8, 4) is 5.75 Å². The molecule has 0 aliphatic carbocycles. The summed E-state index contributed by atoms with van der Waals surface area (Å²) in [6.07, 6.45) is 1.94. The van der Waals surface area contributed by atoms with Gasteiger partial charge in [-0.25, -0.2) is 0 Å². The average Bonchev–Trinajstić information content (AvgIpc) is 3.47. The Balaban J connectivity index is 1.44. The molecule has 4 rings (SSSR count). The molecule has 154 valence electrons. The summed E-state index contributed by atoms with van der Waals surface area (Å²) in [5, 5.41) is 4.73. The number of hydrogen-bond acceptors (Lipinski definition) is 4. The van der Waals surface area contributed by atoms with E-state index in [0.717, 1.165) is 30.7 Å². The van der Waals surface area contributed by atoms with Crippen LogP contribution in [0, 0.1) is 0 Å². The Morgan fingerprint density at radius 3 is 2.53 bits per heavy atom. The number of nitrogens with zero attached hydrogens (tertiary/aromatic N) is 1. The minimum Gasteiger partial charge on any atom is -0.494 e. The van der Waals surface area contributed by atoms with Gasteiger partial charge in [0, 0.05) is 17.8 Å². The maximum absolute atomic E-state index is 13.1. The van der Waals surface area contributed by atoms with Gasteiger partial charge in [0.15, 0.2) is 0 Å². The zero-order valence-corrected chi connectivity index (χ0v) is 17.7. The molecule has 0 spiro atoms. The number of hydrogen-bond donors (Lipinski definition) is 1. The first-order valence-electron chi connectivity index (χ1n) is 10.1. The minimum atomic E-state index is -0.140. The number of ether oxygens (including phenoxy) is 1. The van der Waals surface area contributed by atoms with E-state index >= 15 is 0 Å². The van der Waals surface area contributed by atoms with Gasteiger partial charge in [-0.05, 0) is 73.2 Å². The second-order valence-electron chi connectivity index (χ2n) is 7.17. The van der Waals surface area contributed by atoms with Crippen molar-refractivity contribution in [3.63, 3.8) is 0 Å². The fourth-order valence-electron chi connectivity index (χ4n) is 3.77. The number of anilines is 1. The third-order valence-electron chi connectivity index (χ3n) is 5.22.